The van der Waals surface area contributed by atoms with E-state index in [1.165, 1.54) is 0 Å². The maximum atomic E-state index is 12.3. The van der Waals surface area contributed by atoms with Gasteiger partial charge in [0, 0.05) is 37.1 Å². The Balaban J connectivity index is 1.79. The Hall–Kier alpha value is -2.14. The van der Waals surface area contributed by atoms with E-state index in [1.54, 1.807) is 12.1 Å². The van der Waals surface area contributed by atoms with Gasteiger partial charge in [-0.25, -0.2) is 4.79 Å². The Bertz CT molecular complexity index is 715. The van der Waals surface area contributed by atoms with Crippen LogP contribution in [0.5, 0.6) is 0 Å². The standard InChI is InChI=1S/C16H18N2O3/c1-17-6-8-18(9-7-17)15(19)11-13-10-12-4-2-3-5-14(12)21-16(13)20/h2-5,10H,6-9,11H2,1H3. The van der Waals surface area contributed by atoms with Gasteiger partial charge in [-0.3, -0.25) is 4.79 Å². The zero-order valence-corrected chi connectivity index (χ0v) is 12.0. The molecule has 5 heteroatoms. The summed E-state index contributed by atoms with van der Waals surface area (Å²) in [5.74, 6) is -0.00863. The highest BCUT2D eigenvalue weighted by Gasteiger charge is 2.20. The van der Waals surface area contributed by atoms with Gasteiger partial charge in [-0.15, -0.1) is 0 Å². The van der Waals surface area contributed by atoms with E-state index < -0.39 is 5.63 Å². The average molecular weight is 286 g/mol. The number of amides is 1. The van der Waals surface area contributed by atoms with Crippen LogP contribution in [0.4, 0.5) is 0 Å². The van der Waals surface area contributed by atoms with Gasteiger partial charge in [0.05, 0.1) is 6.42 Å². The lowest BCUT2D eigenvalue weighted by molar-refractivity contribution is -0.132. The average Bonchev–Trinajstić information content (AvgIpc) is 2.48. The molecule has 1 aromatic carbocycles. The number of hydrogen-bond acceptors (Lipinski definition) is 4. The molecule has 0 bridgehead atoms. The second-order valence-corrected chi connectivity index (χ2v) is 5.46. The first-order valence-electron chi connectivity index (χ1n) is 7.11. The Morgan fingerprint density at radius 1 is 1.19 bits per heavy atom. The van der Waals surface area contributed by atoms with Gasteiger partial charge in [0.2, 0.25) is 5.91 Å². The second kappa shape index (κ2) is 5.69. The first-order chi connectivity index (χ1) is 10.1. The van der Waals surface area contributed by atoms with Gasteiger partial charge in [-0.1, -0.05) is 18.2 Å². The zero-order valence-electron chi connectivity index (χ0n) is 12.0. The Kier molecular flexibility index (Phi) is 3.75. The number of benzene rings is 1. The fraction of sp³-hybridized carbons (Fsp3) is 0.375. The lowest BCUT2D eigenvalue weighted by atomic mass is 10.1. The van der Waals surface area contributed by atoms with Crippen LogP contribution in [0.1, 0.15) is 5.56 Å². The third-order valence-corrected chi connectivity index (χ3v) is 3.91. The van der Waals surface area contributed by atoms with Crippen LogP contribution in [-0.4, -0.2) is 48.9 Å². The minimum absolute atomic E-state index is 0.00863. The lowest BCUT2D eigenvalue weighted by Crippen LogP contribution is -2.47. The van der Waals surface area contributed by atoms with E-state index in [4.69, 9.17) is 4.42 Å². The SMILES string of the molecule is CN1CCN(C(=O)Cc2cc3ccccc3oc2=O)CC1. The zero-order chi connectivity index (χ0) is 14.8. The monoisotopic (exact) mass is 286 g/mol. The van der Waals surface area contributed by atoms with Crippen molar-refractivity contribution < 1.29 is 9.21 Å². The molecule has 1 aliphatic heterocycles. The van der Waals surface area contributed by atoms with Crippen LogP contribution < -0.4 is 5.63 Å². The van der Waals surface area contributed by atoms with E-state index >= 15 is 0 Å². The number of fused-ring (bicyclic) bond motifs is 1. The Morgan fingerprint density at radius 2 is 1.90 bits per heavy atom. The number of rotatable bonds is 2. The topological polar surface area (TPSA) is 53.8 Å². The first-order valence-corrected chi connectivity index (χ1v) is 7.11. The first kappa shape index (κ1) is 13.8. The molecule has 0 radical (unpaired) electrons. The molecule has 1 aromatic heterocycles. The number of hydrogen-bond donors (Lipinski definition) is 0. The van der Waals surface area contributed by atoms with E-state index in [0.29, 0.717) is 24.2 Å². The van der Waals surface area contributed by atoms with Crippen LogP contribution in [0.25, 0.3) is 11.0 Å². The number of para-hydroxylation sites is 1. The van der Waals surface area contributed by atoms with Gasteiger partial charge in [-0.2, -0.15) is 0 Å². The molecule has 0 N–H and O–H groups in total. The summed E-state index contributed by atoms with van der Waals surface area (Å²) < 4.78 is 5.26. The molecule has 0 aliphatic carbocycles. The molecule has 5 nitrogen and oxygen atoms in total. The minimum Gasteiger partial charge on any atom is -0.423 e. The van der Waals surface area contributed by atoms with Crippen LogP contribution in [0.2, 0.25) is 0 Å². The quantitative estimate of drug-likeness (QED) is 0.776. The highest BCUT2D eigenvalue weighted by atomic mass is 16.4. The molecule has 1 amide bonds. The fourth-order valence-corrected chi connectivity index (χ4v) is 2.56. The van der Waals surface area contributed by atoms with Gasteiger partial charge in [0.25, 0.3) is 0 Å². The molecular formula is C16H18N2O3. The number of carbonyl (C=O) groups is 1. The summed E-state index contributed by atoms with van der Waals surface area (Å²) in [7, 11) is 2.04. The third kappa shape index (κ3) is 2.97. The van der Waals surface area contributed by atoms with E-state index in [0.717, 1.165) is 18.5 Å². The molecule has 2 heterocycles. The van der Waals surface area contributed by atoms with Gasteiger partial charge >= 0.3 is 5.63 Å². The Morgan fingerprint density at radius 3 is 2.67 bits per heavy atom. The summed E-state index contributed by atoms with van der Waals surface area (Å²) in [6.45, 7) is 3.18. The largest absolute Gasteiger partial charge is 0.423 e. The summed E-state index contributed by atoms with van der Waals surface area (Å²) >= 11 is 0. The second-order valence-electron chi connectivity index (χ2n) is 5.46. The number of likely N-dealkylation sites (N-methyl/N-ethyl adjacent to an activating group) is 1. The van der Waals surface area contributed by atoms with Crippen molar-refractivity contribution in [3.63, 3.8) is 0 Å². The van der Waals surface area contributed by atoms with E-state index in [9.17, 15) is 9.59 Å². The predicted molar refractivity (Wildman–Crippen MR) is 80.3 cm³/mol. The number of nitrogens with zero attached hydrogens (tertiary/aromatic N) is 2. The molecule has 21 heavy (non-hydrogen) atoms. The predicted octanol–water partition coefficient (Wildman–Crippen LogP) is 1.11. The molecule has 1 fully saturated rings. The van der Waals surface area contributed by atoms with Gasteiger partial charge < -0.3 is 14.2 Å². The minimum atomic E-state index is -0.420. The van der Waals surface area contributed by atoms with Crippen molar-refractivity contribution in [3.8, 4) is 0 Å². The van der Waals surface area contributed by atoms with Crippen LogP contribution in [0, 0.1) is 0 Å². The van der Waals surface area contributed by atoms with Crippen molar-refractivity contribution in [3.05, 3.63) is 46.3 Å². The van der Waals surface area contributed by atoms with E-state index in [-0.39, 0.29) is 12.3 Å². The van der Waals surface area contributed by atoms with Crippen molar-refractivity contribution in [2.24, 2.45) is 0 Å². The molecule has 3 rings (SSSR count). The molecule has 110 valence electrons. The third-order valence-electron chi connectivity index (χ3n) is 3.91. The van der Waals surface area contributed by atoms with Crippen molar-refractivity contribution in [2.45, 2.75) is 6.42 Å². The van der Waals surface area contributed by atoms with Crippen molar-refractivity contribution in [1.29, 1.82) is 0 Å². The maximum absolute atomic E-state index is 12.3. The number of piperazine rings is 1. The molecule has 0 spiro atoms. The molecular weight excluding hydrogens is 268 g/mol. The van der Waals surface area contributed by atoms with Crippen molar-refractivity contribution in [1.82, 2.24) is 9.80 Å². The highest BCUT2D eigenvalue weighted by molar-refractivity contribution is 5.81. The van der Waals surface area contributed by atoms with Crippen LogP contribution in [0.15, 0.2) is 39.5 Å². The molecule has 0 atom stereocenters. The van der Waals surface area contributed by atoms with Crippen LogP contribution in [0.3, 0.4) is 0 Å². The molecule has 0 saturated carbocycles. The van der Waals surface area contributed by atoms with Crippen molar-refractivity contribution in [2.75, 3.05) is 33.2 Å². The lowest BCUT2D eigenvalue weighted by Gasteiger charge is -2.32. The maximum Gasteiger partial charge on any atom is 0.339 e. The van der Waals surface area contributed by atoms with Gasteiger partial charge in [-0.05, 0) is 19.2 Å². The summed E-state index contributed by atoms with van der Waals surface area (Å²) in [4.78, 5) is 28.2. The Labute approximate surface area is 122 Å². The van der Waals surface area contributed by atoms with E-state index in [1.807, 2.05) is 30.1 Å². The molecule has 2 aromatic rings. The van der Waals surface area contributed by atoms with Crippen molar-refractivity contribution >= 4 is 16.9 Å². The van der Waals surface area contributed by atoms with Gasteiger partial charge in [0.1, 0.15) is 5.58 Å². The summed E-state index contributed by atoms with van der Waals surface area (Å²) in [5, 5.41) is 0.846. The van der Waals surface area contributed by atoms with Gasteiger partial charge in [0.15, 0.2) is 0 Å². The molecule has 1 aliphatic rings. The summed E-state index contributed by atoms with van der Waals surface area (Å²) in [6, 6.07) is 9.09. The molecule has 0 unspecified atom stereocenters. The van der Waals surface area contributed by atoms with Crippen LogP contribution in [-0.2, 0) is 11.2 Å². The summed E-state index contributed by atoms with van der Waals surface area (Å²) in [5.41, 5.74) is 0.562. The summed E-state index contributed by atoms with van der Waals surface area (Å²) in [6.07, 6.45) is 0.108. The smallest absolute Gasteiger partial charge is 0.339 e. The normalized spacial score (nSPS) is 16.3. The van der Waals surface area contributed by atoms with E-state index in [2.05, 4.69) is 4.90 Å². The molecule has 1 saturated heterocycles. The fourth-order valence-electron chi connectivity index (χ4n) is 2.56. The van der Waals surface area contributed by atoms with Crippen LogP contribution >= 0.6 is 0 Å². The highest BCUT2D eigenvalue weighted by Crippen LogP contribution is 2.13. The number of carbonyl (C=O) groups excluding carboxylic acids is 1.